The molecule has 0 N–H and O–H groups in total. The summed E-state index contributed by atoms with van der Waals surface area (Å²) in [4.78, 5) is 23.7. The minimum atomic E-state index is -0.378. The average Bonchev–Trinajstić information content (AvgIpc) is 2.33. The van der Waals surface area contributed by atoms with Crippen LogP contribution in [0.5, 0.6) is 0 Å². The second-order valence-electron chi connectivity index (χ2n) is 3.52. The number of rotatable bonds is 5. The largest absolute Gasteiger partial charge is 0.360 e. The van der Waals surface area contributed by atoms with Crippen LogP contribution in [0.15, 0.2) is 14.2 Å². The summed E-state index contributed by atoms with van der Waals surface area (Å²) in [5.41, 5.74) is -0.193. The normalized spacial score (nSPS) is 10.8. The van der Waals surface area contributed by atoms with Crippen LogP contribution in [0.3, 0.4) is 0 Å². The van der Waals surface area contributed by atoms with Gasteiger partial charge in [-0.05, 0) is 29.1 Å². The van der Waals surface area contributed by atoms with Gasteiger partial charge in [-0.2, -0.15) is 11.8 Å². The third-order valence-corrected chi connectivity index (χ3v) is 4.04. The monoisotopic (exact) mass is 322 g/mol. The predicted octanol–water partition coefficient (Wildman–Crippen LogP) is 0.955. The van der Waals surface area contributed by atoms with Crippen molar-refractivity contribution in [3.63, 3.8) is 0 Å². The molecule has 0 saturated carbocycles. The second-order valence-corrected chi connectivity index (χ2v) is 5.26. The van der Waals surface area contributed by atoms with Crippen molar-refractivity contribution < 1.29 is 4.74 Å². The molecule has 0 bridgehead atoms. The van der Waals surface area contributed by atoms with Gasteiger partial charge < -0.3 is 4.74 Å². The van der Waals surface area contributed by atoms with E-state index in [4.69, 9.17) is 4.74 Å². The SMILES string of the molecule is CSCCOCn1c(=O)c(C)c(Br)n(C)c1=O. The van der Waals surface area contributed by atoms with Crippen molar-refractivity contribution in [3.8, 4) is 0 Å². The summed E-state index contributed by atoms with van der Waals surface area (Å²) in [6.07, 6.45) is 1.97. The van der Waals surface area contributed by atoms with E-state index in [0.717, 1.165) is 10.3 Å². The Morgan fingerprint density at radius 2 is 2.06 bits per heavy atom. The number of aromatic nitrogens is 2. The van der Waals surface area contributed by atoms with E-state index in [1.807, 2.05) is 6.26 Å². The number of halogens is 1. The summed E-state index contributed by atoms with van der Waals surface area (Å²) in [6, 6.07) is 0. The lowest BCUT2D eigenvalue weighted by Crippen LogP contribution is -2.41. The second kappa shape index (κ2) is 6.42. The number of hydrogen-bond acceptors (Lipinski definition) is 4. The summed E-state index contributed by atoms with van der Waals surface area (Å²) in [5, 5.41) is 0. The summed E-state index contributed by atoms with van der Waals surface area (Å²) < 4.78 is 8.27. The van der Waals surface area contributed by atoms with Gasteiger partial charge in [0.1, 0.15) is 6.73 Å². The molecule has 0 aromatic carbocycles. The molecular weight excluding hydrogens is 308 g/mol. The molecule has 1 aromatic rings. The smallest absolute Gasteiger partial charge is 0.333 e. The molecule has 96 valence electrons. The number of hydrogen-bond donors (Lipinski definition) is 0. The zero-order valence-electron chi connectivity index (χ0n) is 10.0. The maximum absolute atomic E-state index is 11.9. The Labute approximate surface area is 112 Å². The topological polar surface area (TPSA) is 53.2 Å². The number of ether oxygens (including phenoxy) is 1. The molecule has 5 nitrogen and oxygen atoms in total. The van der Waals surface area contributed by atoms with E-state index in [1.54, 1.807) is 25.7 Å². The molecular formula is C10H15BrN2O3S. The fourth-order valence-electron chi connectivity index (χ4n) is 1.31. The van der Waals surface area contributed by atoms with Crippen LogP contribution in [0.25, 0.3) is 0 Å². The van der Waals surface area contributed by atoms with E-state index in [-0.39, 0.29) is 18.0 Å². The first-order valence-electron chi connectivity index (χ1n) is 5.03. The van der Waals surface area contributed by atoms with Gasteiger partial charge in [0.25, 0.3) is 5.56 Å². The Morgan fingerprint density at radius 3 is 2.65 bits per heavy atom. The molecule has 1 rings (SSSR count). The molecule has 0 saturated heterocycles. The Morgan fingerprint density at radius 1 is 1.41 bits per heavy atom. The molecule has 17 heavy (non-hydrogen) atoms. The molecule has 0 aliphatic heterocycles. The first-order valence-corrected chi connectivity index (χ1v) is 7.22. The van der Waals surface area contributed by atoms with Gasteiger partial charge >= 0.3 is 5.69 Å². The van der Waals surface area contributed by atoms with Crippen molar-refractivity contribution in [2.45, 2.75) is 13.7 Å². The van der Waals surface area contributed by atoms with Crippen molar-refractivity contribution in [3.05, 3.63) is 31.0 Å². The van der Waals surface area contributed by atoms with E-state index >= 15 is 0 Å². The molecule has 0 unspecified atom stereocenters. The van der Waals surface area contributed by atoms with Crippen LogP contribution in [0.1, 0.15) is 5.56 Å². The van der Waals surface area contributed by atoms with Crippen LogP contribution >= 0.6 is 27.7 Å². The Hall–Kier alpha value is -0.530. The van der Waals surface area contributed by atoms with Crippen molar-refractivity contribution in [1.29, 1.82) is 0 Å². The highest BCUT2D eigenvalue weighted by atomic mass is 79.9. The summed E-state index contributed by atoms with van der Waals surface area (Å²) in [7, 11) is 1.61. The Kier molecular flexibility index (Phi) is 5.48. The van der Waals surface area contributed by atoms with Gasteiger partial charge in [0.2, 0.25) is 0 Å². The lowest BCUT2D eigenvalue weighted by atomic mass is 10.4. The van der Waals surface area contributed by atoms with Gasteiger partial charge in [0.05, 0.1) is 11.2 Å². The van der Waals surface area contributed by atoms with Gasteiger partial charge in [-0.3, -0.25) is 9.36 Å². The van der Waals surface area contributed by atoms with Crippen molar-refractivity contribution in [2.24, 2.45) is 7.05 Å². The molecule has 0 aliphatic rings. The summed E-state index contributed by atoms with van der Waals surface area (Å²) >= 11 is 4.86. The van der Waals surface area contributed by atoms with Crippen LogP contribution in [0, 0.1) is 6.92 Å². The van der Waals surface area contributed by atoms with E-state index in [2.05, 4.69) is 15.9 Å². The zero-order valence-corrected chi connectivity index (χ0v) is 12.4. The van der Waals surface area contributed by atoms with Gasteiger partial charge in [0.15, 0.2) is 0 Å². The first-order chi connectivity index (χ1) is 8.00. The van der Waals surface area contributed by atoms with E-state index in [0.29, 0.717) is 16.8 Å². The Bertz CT molecular complexity index is 472. The van der Waals surface area contributed by atoms with E-state index in [9.17, 15) is 9.59 Å². The van der Waals surface area contributed by atoms with Crippen LogP contribution in [-0.2, 0) is 18.5 Å². The lowest BCUT2D eigenvalue weighted by Gasteiger charge is -2.11. The van der Waals surface area contributed by atoms with E-state index in [1.165, 1.54) is 4.57 Å². The van der Waals surface area contributed by atoms with Gasteiger partial charge in [-0.1, -0.05) is 0 Å². The van der Waals surface area contributed by atoms with E-state index < -0.39 is 0 Å². The molecule has 0 fully saturated rings. The van der Waals surface area contributed by atoms with Gasteiger partial charge in [-0.25, -0.2) is 9.36 Å². The minimum Gasteiger partial charge on any atom is -0.360 e. The molecule has 7 heteroatoms. The van der Waals surface area contributed by atoms with Crippen molar-refractivity contribution in [1.82, 2.24) is 9.13 Å². The van der Waals surface area contributed by atoms with Crippen LogP contribution < -0.4 is 11.2 Å². The highest BCUT2D eigenvalue weighted by Gasteiger charge is 2.11. The minimum absolute atomic E-state index is 0.000185. The molecule has 0 spiro atoms. The molecule has 0 amide bonds. The highest BCUT2D eigenvalue weighted by molar-refractivity contribution is 9.10. The predicted molar refractivity (Wildman–Crippen MR) is 72.7 cm³/mol. The highest BCUT2D eigenvalue weighted by Crippen LogP contribution is 2.07. The number of nitrogens with zero attached hydrogens (tertiary/aromatic N) is 2. The summed E-state index contributed by atoms with van der Waals surface area (Å²) in [6.45, 7) is 2.19. The fourth-order valence-corrected chi connectivity index (χ4v) is 1.91. The van der Waals surface area contributed by atoms with Crippen LogP contribution in [-0.4, -0.2) is 27.7 Å². The zero-order chi connectivity index (χ0) is 13.0. The quantitative estimate of drug-likeness (QED) is 0.598. The lowest BCUT2D eigenvalue weighted by molar-refractivity contribution is 0.0829. The third-order valence-electron chi connectivity index (χ3n) is 2.34. The molecule has 1 aromatic heterocycles. The van der Waals surface area contributed by atoms with Gasteiger partial charge in [0, 0.05) is 18.4 Å². The average molecular weight is 323 g/mol. The fraction of sp³-hybridized carbons (Fsp3) is 0.600. The molecule has 0 aliphatic carbocycles. The maximum Gasteiger partial charge on any atom is 0.333 e. The van der Waals surface area contributed by atoms with Crippen LogP contribution in [0.2, 0.25) is 0 Å². The third kappa shape index (κ3) is 3.23. The molecule has 0 atom stereocenters. The van der Waals surface area contributed by atoms with Gasteiger partial charge in [-0.15, -0.1) is 0 Å². The Balaban J connectivity index is 3.01. The molecule has 1 heterocycles. The maximum atomic E-state index is 11.9. The molecule has 0 radical (unpaired) electrons. The number of thioether (sulfide) groups is 1. The van der Waals surface area contributed by atoms with Crippen molar-refractivity contribution in [2.75, 3.05) is 18.6 Å². The van der Waals surface area contributed by atoms with Crippen LogP contribution in [0.4, 0.5) is 0 Å². The van der Waals surface area contributed by atoms with Crippen molar-refractivity contribution >= 4 is 27.7 Å². The standard InChI is InChI=1S/C10H15BrN2O3S/c1-7-8(11)12(2)10(15)13(9(7)14)6-16-4-5-17-3/h4-6H2,1-3H3. The summed E-state index contributed by atoms with van der Waals surface area (Å²) in [5.74, 6) is 0.838. The first kappa shape index (κ1) is 14.5.